The van der Waals surface area contributed by atoms with E-state index >= 15 is 0 Å². The van der Waals surface area contributed by atoms with E-state index in [1.165, 1.54) is 12.4 Å². The molecular formula is C22H32N8O. The molecule has 0 aliphatic carbocycles. The SMILES string of the molecule is CCC(CC)n1cc(-c2nc(/C(C=N)=C/N)cn3nccc23)cn1.OC1CCCNC1. The molecule has 5 N–H and O–H groups in total. The third kappa shape index (κ3) is 5.36. The van der Waals surface area contributed by atoms with Gasteiger partial charge in [-0.05, 0) is 38.3 Å². The lowest BCUT2D eigenvalue weighted by Gasteiger charge is -2.16. The van der Waals surface area contributed by atoms with Gasteiger partial charge in [0.15, 0.2) is 0 Å². The molecule has 3 aromatic rings. The third-order valence-electron chi connectivity index (χ3n) is 5.48. The lowest BCUT2D eigenvalue weighted by atomic mass is 10.1. The van der Waals surface area contributed by atoms with Gasteiger partial charge in [-0.15, -0.1) is 0 Å². The number of fused-ring (bicyclic) bond motifs is 1. The summed E-state index contributed by atoms with van der Waals surface area (Å²) in [6, 6.07) is 2.29. The first kappa shape index (κ1) is 22.6. The van der Waals surface area contributed by atoms with Crippen molar-refractivity contribution in [2.45, 2.75) is 51.7 Å². The van der Waals surface area contributed by atoms with Gasteiger partial charge in [0, 0.05) is 36.3 Å². The number of nitrogens with zero attached hydrogens (tertiary/aromatic N) is 5. The molecule has 1 aliphatic heterocycles. The summed E-state index contributed by atoms with van der Waals surface area (Å²) in [5.74, 6) is 0. The Balaban J connectivity index is 0.000000330. The molecule has 4 rings (SSSR count). The molecule has 0 spiro atoms. The zero-order valence-electron chi connectivity index (χ0n) is 18.2. The van der Waals surface area contributed by atoms with Crippen LogP contribution in [-0.4, -0.2) is 54.9 Å². The van der Waals surface area contributed by atoms with E-state index < -0.39 is 0 Å². The monoisotopic (exact) mass is 424 g/mol. The molecule has 1 fully saturated rings. The van der Waals surface area contributed by atoms with Crippen molar-refractivity contribution in [3.8, 4) is 11.3 Å². The summed E-state index contributed by atoms with van der Waals surface area (Å²) in [6.07, 6.45) is 14.0. The minimum Gasteiger partial charge on any atom is -0.404 e. The highest BCUT2D eigenvalue weighted by atomic mass is 16.3. The summed E-state index contributed by atoms with van der Waals surface area (Å²) in [5.41, 5.74) is 9.35. The summed E-state index contributed by atoms with van der Waals surface area (Å²) >= 11 is 0. The van der Waals surface area contributed by atoms with Gasteiger partial charge in [0.25, 0.3) is 0 Å². The minimum atomic E-state index is -0.0752. The smallest absolute Gasteiger partial charge is 0.0999 e. The van der Waals surface area contributed by atoms with E-state index in [9.17, 15) is 0 Å². The van der Waals surface area contributed by atoms with E-state index in [4.69, 9.17) is 21.2 Å². The summed E-state index contributed by atoms with van der Waals surface area (Å²) < 4.78 is 3.74. The van der Waals surface area contributed by atoms with E-state index in [2.05, 4.69) is 29.4 Å². The van der Waals surface area contributed by atoms with Crippen molar-refractivity contribution in [3.05, 3.63) is 42.7 Å². The average Bonchev–Trinajstić information content (AvgIpc) is 3.46. The number of hydrogen-bond donors (Lipinski definition) is 4. The molecule has 1 atom stereocenters. The van der Waals surface area contributed by atoms with Gasteiger partial charge in [-0.25, -0.2) is 9.50 Å². The molecule has 0 amide bonds. The average molecular weight is 425 g/mol. The quantitative estimate of drug-likeness (QED) is 0.450. The number of aromatic nitrogens is 5. The second-order valence-corrected chi connectivity index (χ2v) is 7.58. The topological polar surface area (TPSA) is 130 Å². The summed E-state index contributed by atoms with van der Waals surface area (Å²) in [5, 5.41) is 28.2. The Hall–Kier alpha value is -3.04. The van der Waals surface area contributed by atoms with Gasteiger partial charge in [-0.3, -0.25) is 4.68 Å². The zero-order chi connectivity index (χ0) is 22.2. The number of aliphatic hydroxyl groups excluding tert-OH is 1. The first-order valence-electron chi connectivity index (χ1n) is 10.8. The molecule has 1 aliphatic rings. The number of nitrogens with two attached hydrogens (primary N) is 1. The van der Waals surface area contributed by atoms with Crippen molar-refractivity contribution < 1.29 is 5.11 Å². The lowest BCUT2D eigenvalue weighted by Crippen LogP contribution is -2.33. The Bertz CT molecular complexity index is 1010. The van der Waals surface area contributed by atoms with E-state index in [-0.39, 0.29) is 6.10 Å². The molecule has 3 aromatic heterocycles. The highest BCUT2D eigenvalue weighted by molar-refractivity contribution is 6.07. The van der Waals surface area contributed by atoms with Crippen LogP contribution in [0.2, 0.25) is 0 Å². The van der Waals surface area contributed by atoms with Crippen LogP contribution in [0.4, 0.5) is 0 Å². The Morgan fingerprint density at radius 1 is 1.35 bits per heavy atom. The van der Waals surface area contributed by atoms with Gasteiger partial charge in [-0.2, -0.15) is 10.2 Å². The van der Waals surface area contributed by atoms with Crippen LogP contribution < -0.4 is 11.1 Å². The van der Waals surface area contributed by atoms with E-state index in [0.29, 0.717) is 17.3 Å². The lowest BCUT2D eigenvalue weighted by molar-refractivity contribution is 0.142. The Morgan fingerprint density at radius 3 is 2.74 bits per heavy atom. The van der Waals surface area contributed by atoms with E-state index in [0.717, 1.165) is 55.5 Å². The highest BCUT2D eigenvalue weighted by Crippen LogP contribution is 2.26. The fraction of sp³-hybridized carbons (Fsp3) is 0.455. The molecule has 1 unspecified atom stereocenters. The number of nitrogens with one attached hydrogen (secondary N) is 2. The number of β-amino-alcohol motifs (C(OH)–C–C–N with tert-alkyl or cyclic N) is 1. The van der Waals surface area contributed by atoms with Crippen LogP contribution >= 0.6 is 0 Å². The molecule has 9 heteroatoms. The fourth-order valence-corrected chi connectivity index (χ4v) is 3.64. The van der Waals surface area contributed by atoms with Crippen molar-refractivity contribution >= 4 is 17.3 Å². The summed E-state index contributed by atoms with van der Waals surface area (Å²) in [4.78, 5) is 4.70. The van der Waals surface area contributed by atoms with Crippen LogP contribution in [0, 0.1) is 5.41 Å². The Labute approximate surface area is 182 Å². The maximum absolute atomic E-state index is 8.85. The van der Waals surface area contributed by atoms with E-state index in [1.54, 1.807) is 16.9 Å². The van der Waals surface area contributed by atoms with E-state index in [1.807, 2.05) is 23.1 Å². The second-order valence-electron chi connectivity index (χ2n) is 7.58. The number of piperidine rings is 1. The normalized spacial score (nSPS) is 16.9. The largest absolute Gasteiger partial charge is 0.404 e. The molecule has 1 saturated heterocycles. The molecule has 0 bridgehead atoms. The van der Waals surface area contributed by atoms with Crippen LogP contribution in [0.1, 0.15) is 51.3 Å². The second kappa shape index (κ2) is 10.8. The minimum absolute atomic E-state index is 0.0752. The predicted molar refractivity (Wildman–Crippen MR) is 123 cm³/mol. The van der Waals surface area contributed by atoms with Crippen molar-refractivity contribution in [1.29, 1.82) is 5.41 Å². The first-order chi connectivity index (χ1) is 15.1. The van der Waals surface area contributed by atoms with Crippen LogP contribution in [0.25, 0.3) is 22.3 Å². The maximum atomic E-state index is 8.85. The van der Waals surface area contributed by atoms with Gasteiger partial charge in [0.1, 0.15) is 0 Å². The Kier molecular flexibility index (Phi) is 7.91. The van der Waals surface area contributed by atoms with Gasteiger partial charge < -0.3 is 21.6 Å². The highest BCUT2D eigenvalue weighted by Gasteiger charge is 2.15. The molecule has 0 aromatic carbocycles. The molecule has 31 heavy (non-hydrogen) atoms. The molecule has 4 heterocycles. The maximum Gasteiger partial charge on any atom is 0.0999 e. The Morgan fingerprint density at radius 2 is 2.16 bits per heavy atom. The first-order valence-corrected chi connectivity index (χ1v) is 10.8. The van der Waals surface area contributed by atoms with Crippen LogP contribution in [-0.2, 0) is 0 Å². The number of rotatable bonds is 6. The molecular weight excluding hydrogens is 392 g/mol. The fourth-order valence-electron chi connectivity index (χ4n) is 3.64. The third-order valence-corrected chi connectivity index (χ3v) is 5.48. The van der Waals surface area contributed by atoms with Crippen LogP contribution in [0.5, 0.6) is 0 Å². The van der Waals surface area contributed by atoms with Gasteiger partial charge in [0.2, 0.25) is 0 Å². The van der Waals surface area contributed by atoms with Gasteiger partial charge in [-0.1, -0.05) is 13.8 Å². The molecule has 0 radical (unpaired) electrons. The number of allylic oxidation sites excluding steroid dienone is 1. The van der Waals surface area contributed by atoms with Crippen molar-refractivity contribution in [2.75, 3.05) is 13.1 Å². The number of aliphatic hydroxyl groups is 1. The molecule has 166 valence electrons. The van der Waals surface area contributed by atoms with Crippen molar-refractivity contribution in [3.63, 3.8) is 0 Å². The van der Waals surface area contributed by atoms with Crippen molar-refractivity contribution in [2.24, 2.45) is 5.73 Å². The standard InChI is InChI=1S/C17H21N7.C5H11NO/c1-3-14(4-2)23-10-13(9-21-23)17-16-5-6-20-24(16)11-15(22-17)12(7-18)8-19;7-5-2-1-3-6-4-5/h5-11,14,18H,3-4,19H2,1-2H3;5-7H,1-4H2/b12-8+,18-7?;. The number of hydrogen-bond acceptors (Lipinski definition) is 7. The predicted octanol–water partition coefficient (Wildman–Crippen LogP) is 2.63. The molecule has 9 nitrogen and oxygen atoms in total. The van der Waals surface area contributed by atoms with Crippen LogP contribution in [0.3, 0.4) is 0 Å². The zero-order valence-corrected chi connectivity index (χ0v) is 18.2. The van der Waals surface area contributed by atoms with Gasteiger partial charge in [0.05, 0.1) is 47.6 Å². The van der Waals surface area contributed by atoms with Gasteiger partial charge >= 0.3 is 0 Å². The molecule has 0 saturated carbocycles. The summed E-state index contributed by atoms with van der Waals surface area (Å²) in [6.45, 7) is 6.19. The summed E-state index contributed by atoms with van der Waals surface area (Å²) in [7, 11) is 0. The van der Waals surface area contributed by atoms with Crippen LogP contribution in [0.15, 0.2) is 37.1 Å². The van der Waals surface area contributed by atoms with Crippen molar-refractivity contribution in [1.82, 2.24) is 29.7 Å².